The fourth-order valence-electron chi connectivity index (χ4n) is 7.42. The van der Waals surface area contributed by atoms with Gasteiger partial charge in [0.1, 0.15) is 9.79 Å². The van der Waals surface area contributed by atoms with E-state index < -0.39 is 19.7 Å². The zero-order valence-electron chi connectivity index (χ0n) is 31.9. The molecule has 2 saturated heterocycles. The van der Waals surface area contributed by atoms with Crippen LogP contribution in [0.2, 0.25) is 0 Å². The summed E-state index contributed by atoms with van der Waals surface area (Å²) in [6.07, 6.45) is 7.35. The highest BCUT2D eigenvalue weighted by molar-refractivity contribution is 7.92. The number of sulfone groups is 2. The van der Waals surface area contributed by atoms with Crippen molar-refractivity contribution in [3.63, 3.8) is 0 Å². The molecule has 11 heteroatoms. The number of aromatic nitrogens is 2. The molecule has 0 amide bonds. The average Bonchev–Trinajstić information content (AvgIpc) is 3.18. The Morgan fingerprint density at radius 1 is 0.509 bits per heavy atom. The lowest BCUT2D eigenvalue weighted by molar-refractivity contribution is 0.437. The molecule has 0 unspecified atom stereocenters. The van der Waals surface area contributed by atoms with Crippen molar-refractivity contribution in [1.82, 2.24) is 9.97 Å². The zero-order valence-corrected chi connectivity index (χ0v) is 34.3. The summed E-state index contributed by atoms with van der Waals surface area (Å²) in [6, 6.07) is 29.7. The van der Waals surface area contributed by atoms with Gasteiger partial charge in [0.25, 0.3) is 0 Å². The molecule has 2 aliphatic heterocycles. The van der Waals surface area contributed by atoms with Crippen LogP contribution in [0.1, 0.15) is 50.7 Å². The number of nitrogens with zero attached hydrogens (tertiary/aromatic N) is 4. The predicted octanol–water partition coefficient (Wildman–Crippen LogP) is 9.65. The van der Waals surface area contributed by atoms with Gasteiger partial charge in [0.05, 0.1) is 32.2 Å². The molecule has 0 radical (unpaired) electrons. The van der Waals surface area contributed by atoms with Crippen molar-refractivity contribution in [2.75, 3.05) is 36.0 Å². The van der Waals surface area contributed by atoms with Gasteiger partial charge in [-0.1, -0.05) is 85.6 Å². The first-order chi connectivity index (χ1) is 25.9. The van der Waals surface area contributed by atoms with E-state index in [1.807, 2.05) is 86.6 Å². The molecule has 0 spiro atoms. The van der Waals surface area contributed by atoms with Crippen LogP contribution in [0.4, 0.5) is 11.4 Å². The lowest BCUT2D eigenvalue weighted by Crippen LogP contribution is -2.34. The Hall–Kier alpha value is -4.51. The van der Waals surface area contributed by atoms with E-state index in [4.69, 9.17) is 0 Å². The number of anilines is 2. The highest BCUT2D eigenvalue weighted by Crippen LogP contribution is 2.39. The van der Waals surface area contributed by atoms with E-state index in [-0.39, 0.29) is 12.4 Å². The first kappa shape index (κ1) is 40.2. The largest absolute Gasteiger partial charge is 0.370 e. The lowest BCUT2D eigenvalue weighted by atomic mass is 9.98. The maximum absolute atomic E-state index is 13.4. The average molecular weight is 797 g/mol. The Morgan fingerprint density at radius 2 is 0.836 bits per heavy atom. The van der Waals surface area contributed by atoms with E-state index >= 15 is 0 Å². The fourth-order valence-corrected chi connectivity index (χ4v) is 10.3. The summed E-state index contributed by atoms with van der Waals surface area (Å²) in [5.41, 5.74) is 5.33. The summed E-state index contributed by atoms with van der Waals surface area (Å²) in [6.45, 7) is 11.9. The molecule has 8 rings (SSSR count). The molecule has 8 nitrogen and oxygen atoms in total. The first-order valence-electron chi connectivity index (χ1n) is 18.8. The highest BCUT2D eigenvalue weighted by Gasteiger charge is 2.30. The van der Waals surface area contributed by atoms with E-state index in [1.165, 1.54) is 12.4 Å². The second kappa shape index (κ2) is 16.7. The van der Waals surface area contributed by atoms with Crippen LogP contribution in [0.25, 0.3) is 21.8 Å². The smallest absolute Gasteiger partial charge is 0.210 e. The molecular formula is C44H49ClN4O4S2. The molecule has 4 aromatic carbocycles. The third-order valence-corrected chi connectivity index (χ3v) is 14.4. The van der Waals surface area contributed by atoms with Crippen LogP contribution in [-0.2, 0) is 19.7 Å². The Bertz CT molecular complexity index is 2320. The van der Waals surface area contributed by atoms with Crippen molar-refractivity contribution in [3.05, 3.63) is 121 Å². The molecule has 0 aliphatic carbocycles. The summed E-state index contributed by atoms with van der Waals surface area (Å²) in [7, 11) is -7.29. The van der Waals surface area contributed by atoms with Gasteiger partial charge in [-0.05, 0) is 87.8 Å². The van der Waals surface area contributed by atoms with Crippen LogP contribution in [0.5, 0.6) is 0 Å². The molecule has 2 fully saturated rings. The fraction of sp³-hybridized carbons (Fsp3) is 0.318. The van der Waals surface area contributed by atoms with E-state index in [9.17, 15) is 16.8 Å². The topological polar surface area (TPSA) is 101 Å². The van der Waals surface area contributed by atoms with Crippen molar-refractivity contribution in [3.8, 4) is 0 Å². The zero-order chi connectivity index (χ0) is 38.0. The predicted molar refractivity (Wildman–Crippen MR) is 225 cm³/mol. The minimum absolute atomic E-state index is 0. The van der Waals surface area contributed by atoms with Crippen molar-refractivity contribution in [1.29, 1.82) is 0 Å². The second-order valence-corrected chi connectivity index (χ2v) is 18.8. The van der Waals surface area contributed by atoms with Crippen molar-refractivity contribution < 1.29 is 16.8 Å². The molecular weight excluding hydrogens is 748 g/mol. The second-order valence-electron chi connectivity index (χ2n) is 14.9. The van der Waals surface area contributed by atoms with Gasteiger partial charge in [0.15, 0.2) is 0 Å². The molecule has 0 bridgehead atoms. The Morgan fingerprint density at radius 3 is 1.18 bits per heavy atom. The summed E-state index contributed by atoms with van der Waals surface area (Å²) >= 11 is 0. The monoisotopic (exact) mass is 796 g/mol. The summed E-state index contributed by atoms with van der Waals surface area (Å²) in [5, 5.41) is 1.81. The van der Waals surface area contributed by atoms with Gasteiger partial charge in [-0.3, -0.25) is 9.97 Å². The van der Waals surface area contributed by atoms with Crippen LogP contribution in [-0.4, -0.2) is 53.0 Å². The van der Waals surface area contributed by atoms with Gasteiger partial charge >= 0.3 is 0 Å². The van der Waals surface area contributed by atoms with Crippen LogP contribution in [0.3, 0.4) is 0 Å². The number of rotatable bonds is 6. The van der Waals surface area contributed by atoms with Gasteiger partial charge in [0, 0.05) is 49.3 Å². The molecule has 2 aromatic heterocycles. The number of aryl methyl sites for hydroxylation is 2. The van der Waals surface area contributed by atoms with Crippen molar-refractivity contribution in [2.45, 2.75) is 73.0 Å². The molecule has 4 heterocycles. The quantitative estimate of drug-likeness (QED) is 0.164. The first-order valence-corrected chi connectivity index (χ1v) is 21.8. The lowest BCUT2D eigenvalue weighted by Gasteiger charge is -2.34. The number of hydrogen-bond acceptors (Lipinski definition) is 8. The van der Waals surface area contributed by atoms with E-state index in [2.05, 4.69) is 33.6 Å². The molecule has 0 N–H and O–H groups in total. The SMILES string of the molecule is Cc1ccc(S(=O)(=O)c2cnc3ccccc3c2N2CCC(C)CC2)cc1.Cc1ccc(S(=O)(=O)c2cnc3ccccc3c2N2CCC(C)CC2)cc1.Cl. The maximum Gasteiger partial charge on any atom is 0.210 e. The molecule has 2 aliphatic rings. The number of para-hydroxylation sites is 2. The highest BCUT2D eigenvalue weighted by atomic mass is 35.5. The van der Waals surface area contributed by atoms with Crippen LogP contribution in [0.15, 0.2) is 129 Å². The summed E-state index contributed by atoms with van der Waals surface area (Å²) in [5.74, 6) is 1.35. The van der Waals surface area contributed by atoms with Crippen LogP contribution in [0, 0.1) is 25.7 Å². The van der Waals surface area contributed by atoms with Crippen LogP contribution >= 0.6 is 12.4 Å². The summed E-state index contributed by atoms with van der Waals surface area (Å²) in [4.78, 5) is 14.6. The number of benzene rings is 4. The molecule has 6 aromatic rings. The summed E-state index contributed by atoms with van der Waals surface area (Å²) < 4.78 is 53.8. The third-order valence-electron chi connectivity index (χ3n) is 10.9. The Balaban J connectivity index is 0.000000184. The van der Waals surface area contributed by atoms with Gasteiger partial charge in [-0.25, -0.2) is 16.8 Å². The molecule has 55 heavy (non-hydrogen) atoms. The Labute approximate surface area is 331 Å². The van der Waals surface area contributed by atoms with Gasteiger partial charge in [0.2, 0.25) is 19.7 Å². The van der Waals surface area contributed by atoms with Gasteiger partial charge in [-0.15, -0.1) is 12.4 Å². The normalized spacial score (nSPS) is 15.7. The number of halogens is 1. The maximum atomic E-state index is 13.4. The number of pyridine rings is 2. The minimum Gasteiger partial charge on any atom is -0.370 e. The van der Waals surface area contributed by atoms with Gasteiger partial charge < -0.3 is 9.80 Å². The van der Waals surface area contributed by atoms with Crippen LogP contribution < -0.4 is 9.80 Å². The Kier molecular flexibility index (Phi) is 12.2. The third kappa shape index (κ3) is 8.37. The van der Waals surface area contributed by atoms with Gasteiger partial charge in [-0.2, -0.15) is 0 Å². The molecule has 288 valence electrons. The molecule has 0 saturated carbocycles. The van der Waals surface area contributed by atoms with Crippen molar-refractivity contribution >= 4 is 65.3 Å². The molecule has 0 atom stereocenters. The van der Waals surface area contributed by atoms with E-state index in [1.54, 1.807) is 24.3 Å². The van der Waals surface area contributed by atoms with Crippen molar-refractivity contribution in [2.24, 2.45) is 11.8 Å². The van der Waals surface area contributed by atoms with E-state index in [0.29, 0.717) is 31.4 Å². The number of piperidine rings is 2. The number of fused-ring (bicyclic) bond motifs is 2. The standard InChI is InChI=1S/2C22H24N2O2S.ClH/c2*1-16-7-9-18(10-8-16)27(25,26)21-15-23-20-6-4-3-5-19(20)22(21)24-13-11-17(2)12-14-24;/h2*3-10,15,17H,11-14H2,1-2H3;1H. The number of hydrogen-bond donors (Lipinski definition) is 0. The van der Waals surface area contributed by atoms with E-state index in [0.717, 1.165) is 96.2 Å². The minimum atomic E-state index is -3.64.